The van der Waals surface area contributed by atoms with Crippen molar-refractivity contribution in [1.82, 2.24) is 9.80 Å². The second kappa shape index (κ2) is 23.2. The molecule has 6 rings (SSSR count). The number of ketones is 1. The third-order valence-electron chi connectivity index (χ3n) is 9.45. The van der Waals surface area contributed by atoms with Crippen LogP contribution >= 0.6 is 11.6 Å². The number of alkyl halides is 1. The maximum atomic E-state index is 12.3. The lowest BCUT2D eigenvalue weighted by atomic mass is 9.89. The van der Waals surface area contributed by atoms with Crippen LogP contribution in [-0.4, -0.2) is 77.3 Å². The van der Waals surface area contributed by atoms with E-state index in [1.54, 1.807) is 23.6 Å². The number of nitrogens with zero attached hydrogens (tertiary/aromatic N) is 2. The van der Waals surface area contributed by atoms with Crippen molar-refractivity contribution in [3.8, 4) is 0 Å². The molecule has 2 amide bonds. The van der Waals surface area contributed by atoms with Gasteiger partial charge in [-0.3, -0.25) is 4.79 Å². The Morgan fingerprint density at radius 1 is 0.636 bits per heavy atom. The first-order valence-corrected chi connectivity index (χ1v) is 19.1. The van der Waals surface area contributed by atoms with Gasteiger partial charge < -0.3 is 33.9 Å². The van der Waals surface area contributed by atoms with Crippen LogP contribution in [-0.2, 0) is 50.2 Å². The molecule has 10 nitrogen and oxygen atoms in total. The fourth-order valence-corrected chi connectivity index (χ4v) is 6.19. The van der Waals surface area contributed by atoms with Crippen LogP contribution in [0, 0.1) is 11.8 Å². The minimum absolute atomic E-state index is 0.0192. The minimum atomic E-state index is -0.983. The highest BCUT2D eigenvalue weighted by Gasteiger charge is 2.39. The molecule has 0 spiro atoms. The first-order valence-electron chi connectivity index (χ1n) is 18.6. The molecule has 1 N–H and O–H groups in total. The zero-order chi connectivity index (χ0) is 39.3. The van der Waals surface area contributed by atoms with Crippen LogP contribution in [0.1, 0.15) is 48.9 Å². The van der Waals surface area contributed by atoms with Gasteiger partial charge in [-0.05, 0) is 48.9 Å². The second-order valence-electron chi connectivity index (χ2n) is 13.8. The summed E-state index contributed by atoms with van der Waals surface area (Å²) in [5.41, 5.74) is 3.17. The molecule has 2 heterocycles. The average molecular weight is 773 g/mol. The number of carbonyl (C=O) groups is 3. The minimum Gasteiger partial charge on any atom is -0.445 e. The molecule has 2 fully saturated rings. The predicted octanol–water partition coefficient (Wildman–Crippen LogP) is 8.25. The molecule has 0 aromatic heterocycles. The van der Waals surface area contributed by atoms with Gasteiger partial charge in [0.25, 0.3) is 0 Å². The van der Waals surface area contributed by atoms with Gasteiger partial charge in [0, 0.05) is 38.0 Å². The average Bonchev–Trinajstić information content (AvgIpc) is 3.93. The number of carbonyl (C=O) groups excluding carboxylic acids is 3. The van der Waals surface area contributed by atoms with Crippen molar-refractivity contribution in [3.63, 3.8) is 0 Å². The topological polar surface area (TPSA) is 115 Å². The predicted molar refractivity (Wildman–Crippen MR) is 212 cm³/mol. The number of aliphatic hydroxyl groups is 1. The van der Waals surface area contributed by atoms with Gasteiger partial charge in [0.2, 0.25) is 0 Å². The smallest absolute Gasteiger partial charge is 0.410 e. The van der Waals surface area contributed by atoms with E-state index in [1.807, 2.05) is 121 Å². The molecule has 4 aromatic carbocycles. The maximum absolute atomic E-state index is 12.3. The summed E-state index contributed by atoms with van der Waals surface area (Å²) in [6, 6.07) is 39.3. The number of hydrogen-bond donors (Lipinski definition) is 1. The van der Waals surface area contributed by atoms with Crippen LogP contribution in [0.2, 0.25) is 0 Å². The van der Waals surface area contributed by atoms with E-state index >= 15 is 0 Å². The van der Waals surface area contributed by atoms with E-state index < -0.39 is 5.60 Å². The van der Waals surface area contributed by atoms with Crippen LogP contribution < -0.4 is 0 Å². The number of halogens is 1. The molecule has 2 saturated heterocycles. The highest BCUT2D eigenvalue weighted by molar-refractivity contribution is 6.17. The van der Waals surface area contributed by atoms with Crippen molar-refractivity contribution in [3.05, 3.63) is 144 Å². The van der Waals surface area contributed by atoms with Gasteiger partial charge in [-0.2, -0.15) is 0 Å². The van der Waals surface area contributed by atoms with Crippen LogP contribution in [0.3, 0.4) is 0 Å². The third kappa shape index (κ3) is 15.5. The molecular weight excluding hydrogens is 720 g/mol. The molecule has 294 valence electrons. The van der Waals surface area contributed by atoms with Crippen molar-refractivity contribution in [1.29, 1.82) is 0 Å². The fourth-order valence-electron chi connectivity index (χ4n) is 6.11. The summed E-state index contributed by atoms with van der Waals surface area (Å²) < 4.78 is 21.3. The zero-order valence-corrected chi connectivity index (χ0v) is 32.5. The van der Waals surface area contributed by atoms with Crippen molar-refractivity contribution >= 4 is 29.6 Å². The number of benzene rings is 4. The summed E-state index contributed by atoms with van der Waals surface area (Å²) in [6.45, 7) is 7.36. The summed E-state index contributed by atoms with van der Waals surface area (Å²) in [7, 11) is 0. The molecule has 3 atom stereocenters. The molecule has 2 aliphatic heterocycles. The number of Topliss-reactive ketones (excluding diaryl/α,β-unsaturated/α-hetero) is 1. The lowest BCUT2D eigenvalue weighted by Gasteiger charge is -2.29. The van der Waals surface area contributed by atoms with E-state index in [9.17, 15) is 19.5 Å². The van der Waals surface area contributed by atoms with E-state index in [4.69, 9.17) is 30.5 Å². The maximum Gasteiger partial charge on any atom is 0.410 e. The lowest BCUT2D eigenvalue weighted by Crippen LogP contribution is -2.41. The second-order valence-corrected chi connectivity index (χ2v) is 14.1. The first kappa shape index (κ1) is 43.0. The SMILES string of the molecule is CC(=O)C1CCN(C(=O)OCc2ccccc2)C1.CC(O)(COCc1ccccc1)C1CCN(C(=O)OCc2ccccc2)C1.ClCOCc1ccccc1. The zero-order valence-electron chi connectivity index (χ0n) is 31.8. The van der Waals surface area contributed by atoms with E-state index in [1.165, 1.54) is 0 Å². The van der Waals surface area contributed by atoms with Crippen LogP contribution in [0.4, 0.5) is 9.59 Å². The van der Waals surface area contributed by atoms with E-state index in [-0.39, 0.29) is 55.7 Å². The summed E-state index contributed by atoms with van der Waals surface area (Å²) in [5, 5.41) is 10.8. The Bertz CT molecular complexity index is 1700. The fraction of sp³-hybridized carbons (Fsp3) is 0.386. The molecule has 4 aromatic rings. The quantitative estimate of drug-likeness (QED) is 0.135. The molecule has 55 heavy (non-hydrogen) atoms. The van der Waals surface area contributed by atoms with Crippen molar-refractivity contribution in [2.75, 3.05) is 38.9 Å². The molecular formula is C44H53ClN2O8. The Morgan fingerprint density at radius 3 is 1.45 bits per heavy atom. The summed E-state index contributed by atoms with van der Waals surface area (Å²) >= 11 is 5.33. The van der Waals surface area contributed by atoms with Crippen LogP contribution in [0.25, 0.3) is 0 Å². The van der Waals surface area contributed by atoms with Crippen molar-refractivity contribution < 1.29 is 38.4 Å². The Labute approximate surface area is 329 Å². The normalized spacial score (nSPS) is 17.2. The van der Waals surface area contributed by atoms with Gasteiger partial charge in [0.1, 0.15) is 25.1 Å². The molecule has 0 bridgehead atoms. The highest BCUT2D eigenvalue weighted by Crippen LogP contribution is 2.29. The standard InChI is InChI=1S/C22H27NO4.C14H17NO3.C8H9ClO/c1-22(25,17-26-15-18-8-4-2-5-9-18)20-12-13-23(14-20)21(24)27-16-19-10-6-3-7-11-19;1-11(16)13-7-8-15(9-13)14(17)18-10-12-5-3-2-4-6-12;9-7-10-6-8-4-2-1-3-5-8/h2-11,20,25H,12-17H2,1H3;2-6,13H,7-10H2,1H3;1-5H,6-7H2. The molecule has 0 radical (unpaired) electrons. The summed E-state index contributed by atoms with van der Waals surface area (Å²) in [5.74, 6) is 0.0974. The number of rotatable bonds is 13. The monoisotopic (exact) mass is 772 g/mol. The largest absolute Gasteiger partial charge is 0.445 e. The van der Waals surface area contributed by atoms with Crippen molar-refractivity contribution in [2.24, 2.45) is 11.8 Å². The Balaban J connectivity index is 0.000000205. The van der Waals surface area contributed by atoms with E-state index in [0.717, 1.165) is 35.1 Å². The van der Waals surface area contributed by atoms with Gasteiger partial charge in [-0.15, -0.1) is 0 Å². The number of ether oxygens (including phenoxy) is 4. The van der Waals surface area contributed by atoms with Crippen LogP contribution in [0.15, 0.2) is 121 Å². The van der Waals surface area contributed by atoms with E-state index in [2.05, 4.69) is 0 Å². The number of likely N-dealkylation sites (tertiary alicyclic amines) is 2. The Hall–Kier alpha value is -4.74. The summed E-state index contributed by atoms with van der Waals surface area (Å²) in [4.78, 5) is 38.5. The van der Waals surface area contributed by atoms with Gasteiger partial charge >= 0.3 is 12.2 Å². The first-order chi connectivity index (χ1) is 26.6. The molecule has 2 aliphatic rings. The number of amides is 2. The molecule has 11 heteroatoms. The Kier molecular flexibility index (Phi) is 18.2. The van der Waals surface area contributed by atoms with Crippen LogP contribution in [0.5, 0.6) is 0 Å². The van der Waals surface area contributed by atoms with E-state index in [0.29, 0.717) is 39.4 Å². The summed E-state index contributed by atoms with van der Waals surface area (Å²) in [6.07, 6.45) is 0.822. The highest BCUT2D eigenvalue weighted by atomic mass is 35.5. The van der Waals surface area contributed by atoms with Gasteiger partial charge in [-0.1, -0.05) is 133 Å². The molecule has 3 unspecified atom stereocenters. The van der Waals surface area contributed by atoms with Crippen molar-refractivity contribution in [2.45, 2.75) is 58.7 Å². The Morgan fingerprint density at radius 2 is 1.04 bits per heavy atom. The molecule has 0 saturated carbocycles. The third-order valence-corrected chi connectivity index (χ3v) is 9.61. The number of hydrogen-bond acceptors (Lipinski definition) is 8. The van der Waals surface area contributed by atoms with Gasteiger partial charge in [-0.25, -0.2) is 9.59 Å². The lowest BCUT2D eigenvalue weighted by molar-refractivity contribution is -0.120. The van der Waals surface area contributed by atoms with Gasteiger partial charge in [0.15, 0.2) is 0 Å². The molecule has 0 aliphatic carbocycles. The van der Waals surface area contributed by atoms with Gasteiger partial charge in [0.05, 0.1) is 25.4 Å².